The fourth-order valence-electron chi connectivity index (χ4n) is 4.08. The molecule has 2 aromatic heterocycles. The van der Waals surface area contributed by atoms with E-state index < -0.39 is 0 Å². The van der Waals surface area contributed by atoms with E-state index in [1.54, 1.807) is 11.3 Å². The first-order valence-corrected chi connectivity index (χ1v) is 12.7. The Balaban J connectivity index is 1.51. The fraction of sp³-hybridized carbons (Fsp3) is 0.682. The zero-order valence-electron chi connectivity index (χ0n) is 18.8. The Morgan fingerprint density at radius 3 is 2.63 bits per heavy atom. The fourth-order valence-corrected chi connectivity index (χ4v) is 5.99. The molecule has 3 rings (SSSR count). The summed E-state index contributed by atoms with van der Waals surface area (Å²) in [4.78, 5) is 38.9. The van der Waals surface area contributed by atoms with Crippen molar-refractivity contribution in [1.82, 2.24) is 19.8 Å². The van der Waals surface area contributed by atoms with E-state index in [9.17, 15) is 9.59 Å². The molecule has 166 valence electrons. The van der Waals surface area contributed by atoms with Crippen molar-refractivity contribution in [1.29, 1.82) is 0 Å². The van der Waals surface area contributed by atoms with Gasteiger partial charge in [-0.1, -0.05) is 19.3 Å². The summed E-state index contributed by atoms with van der Waals surface area (Å²) in [5.74, 6) is 1.28. The van der Waals surface area contributed by atoms with Crippen LogP contribution in [0.15, 0.2) is 4.79 Å². The Kier molecular flexibility index (Phi) is 7.98. The first-order chi connectivity index (χ1) is 14.3. The number of thiophene rings is 1. The summed E-state index contributed by atoms with van der Waals surface area (Å²) >= 11 is 3.08. The maximum atomic E-state index is 12.8. The third-order valence-electron chi connectivity index (χ3n) is 6.27. The average molecular weight is 451 g/mol. The number of thioether (sulfide) groups is 1. The number of H-pyrrole nitrogens is 1. The zero-order chi connectivity index (χ0) is 21.8. The molecule has 0 aliphatic heterocycles. The number of hydrogen-bond acceptors (Lipinski definition) is 6. The maximum Gasteiger partial charge on any atom is 0.259 e. The van der Waals surface area contributed by atoms with Crippen LogP contribution in [0.4, 0.5) is 0 Å². The molecule has 8 heteroatoms. The standard InChI is InChI=1S/C22H34N4O2S2/c1-14-15(2)30-21-19(14)20(27)23-18(24-21)13-29-16(3)22(28)26(5)12-11-25(4)17-9-7-6-8-10-17/h16-17H,6-13H2,1-5H3,(H,23,24,27). The number of amides is 1. The molecule has 0 spiro atoms. The van der Waals surface area contributed by atoms with Gasteiger partial charge in [0.25, 0.3) is 5.56 Å². The number of nitrogens with one attached hydrogen (secondary N) is 1. The number of fused-ring (bicyclic) bond motifs is 1. The van der Waals surface area contributed by atoms with E-state index >= 15 is 0 Å². The first-order valence-electron chi connectivity index (χ1n) is 10.8. The summed E-state index contributed by atoms with van der Waals surface area (Å²) in [6.07, 6.45) is 6.56. The molecule has 1 N–H and O–H groups in total. The minimum absolute atomic E-state index is 0.0840. The lowest BCUT2D eigenvalue weighted by Crippen LogP contribution is -2.42. The van der Waals surface area contributed by atoms with Crippen LogP contribution in [0.5, 0.6) is 0 Å². The van der Waals surface area contributed by atoms with E-state index in [1.807, 2.05) is 32.7 Å². The SMILES string of the molecule is Cc1sc2nc(CSC(C)C(=O)N(C)CCN(C)C3CCCCC3)[nH]c(=O)c2c1C. The third kappa shape index (κ3) is 5.45. The molecule has 0 bridgehead atoms. The van der Waals surface area contributed by atoms with Crippen molar-refractivity contribution in [3.8, 4) is 0 Å². The van der Waals surface area contributed by atoms with Gasteiger partial charge in [-0.3, -0.25) is 9.59 Å². The second kappa shape index (κ2) is 10.3. The Labute approximate surface area is 187 Å². The first kappa shape index (κ1) is 23.3. The second-order valence-electron chi connectivity index (χ2n) is 8.46. The Bertz CT molecular complexity index is 933. The molecule has 6 nitrogen and oxygen atoms in total. The summed E-state index contributed by atoms with van der Waals surface area (Å²) in [5.41, 5.74) is 0.922. The number of carbonyl (C=O) groups is 1. The van der Waals surface area contributed by atoms with Crippen molar-refractivity contribution in [3.63, 3.8) is 0 Å². The molecule has 0 radical (unpaired) electrons. The minimum Gasteiger partial charge on any atom is -0.344 e. The molecular weight excluding hydrogens is 416 g/mol. The van der Waals surface area contributed by atoms with Crippen LogP contribution < -0.4 is 5.56 Å². The lowest BCUT2D eigenvalue weighted by atomic mass is 9.94. The third-order valence-corrected chi connectivity index (χ3v) is 8.51. The van der Waals surface area contributed by atoms with Crippen LogP contribution in [0.1, 0.15) is 55.3 Å². The average Bonchev–Trinajstić information content (AvgIpc) is 3.03. The van der Waals surface area contributed by atoms with Crippen LogP contribution >= 0.6 is 23.1 Å². The van der Waals surface area contributed by atoms with E-state index in [1.165, 1.54) is 43.9 Å². The maximum absolute atomic E-state index is 12.8. The van der Waals surface area contributed by atoms with Gasteiger partial charge in [-0.2, -0.15) is 0 Å². The molecule has 2 aromatic rings. The van der Waals surface area contributed by atoms with Crippen molar-refractivity contribution in [2.45, 2.75) is 69.9 Å². The van der Waals surface area contributed by atoms with Crippen molar-refractivity contribution in [2.24, 2.45) is 0 Å². The van der Waals surface area contributed by atoms with Crippen molar-refractivity contribution >= 4 is 39.2 Å². The van der Waals surface area contributed by atoms with Gasteiger partial charge in [0.1, 0.15) is 10.7 Å². The molecule has 0 aromatic carbocycles. The molecule has 1 amide bonds. The molecule has 30 heavy (non-hydrogen) atoms. The smallest absolute Gasteiger partial charge is 0.259 e. The van der Waals surface area contributed by atoms with Gasteiger partial charge in [0.05, 0.1) is 16.4 Å². The van der Waals surface area contributed by atoms with Crippen LogP contribution in [-0.2, 0) is 10.5 Å². The Morgan fingerprint density at radius 1 is 1.23 bits per heavy atom. The van der Waals surface area contributed by atoms with Crippen molar-refractivity contribution < 1.29 is 4.79 Å². The highest BCUT2D eigenvalue weighted by molar-refractivity contribution is 7.99. The van der Waals surface area contributed by atoms with E-state index in [2.05, 4.69) is 21.9 Å². The van der Waals surface area contributed by atoms with Gasteiger partial charge < -0.3 is 14.8 Å². The molecule has 1 aliphatic rings. The highest BCUT2D eigenvalue weighted by atomic mass is 32.2. The molecule has 2 heterocycles. The summed E-state index contributed by atoms with van der Waals surface area (Å²) < 4.78 is 0. The molecule has 1 unspecified atom stereocenters. The summed E-state index contributed by atoms with van der Waals surface area (Å²) in [6.45, 7) is 7.56. The van der Waals surface area contributed by atoms with Gasteiger partial charge >= 0.3 is 0 Å². The number of carbonyl (C=O) groups excluding carboxylic acids is 1. The molecule has 1 saturated carbocycles. The normalized spacial score (nSPS) is 16.3. The number of aryl methyl sites for hydroxylation is 2. The lowest BCUT2D eigenvalue weighted by molar-refractivity contribution is -0.129. The van der Waals surface area contributed by atoms with Crippen LogP contribution in [-0.4, -0.2) is 64.2 Å². The predicted octanol–water partition coefficient (Wildman–Crippen LogP) is 3.95. The summed E-state index contributed by atoms with van der Waals surface area (Å²) in [6, 6.07) is 0.663. The van der Waals surface area contributed by atoms with Gasteiger partial charge in [-0.25, -0.2) is 4.98 Å². The van der Waals surface area contributed by atoms with E-state index in [0.29, 0.717) is 23.0 Å². The number of hydrogen-bond donors (Lipinski definition) is 1. The van der Waals surface area contributed by atoms with Crippen molar-refractivity contribution in [3.05, 3.63) is 26.6 Å². The van der Waals surface area contributed by atoms with Crippen LogP contribution in [0.25, 0.3) is 10.2 Å². The number of likely N-dealkylation sites (N-methyl/N-ethyl adjacent to an activating group) is 2. The molecule has 1 fully saturated rings. The van der Waals surface area contributed by atoms with Gasteiger partial charge in [0.15, 0.2) is 0 Å². The minimum atomic E-state index is -0.178. The highest BCUT2D eigenvalue weighted by Gasteiger charge is 2.22. The predicted molar refractivity (Wildman–Crippen MR) is 128 cm³/mol. The van der Waals surface area contributed by atoms with Crippen molar-refractivity contribution in [2.75, 3.05) is 27.2 Å². The van der Waals surface area contributed by atoms with Gasteiger partial charge in [0.2, 0.25) is 5.91 Å². The molecular formula is C22H34N4O2S2. The molecule has 0 saturated heterocycles. The highest BCUT2D eigenvalue weighted by Crippen LogP contribution is 2.27. The topological polar surface area (TPSA) is 69.3 Å². The lowest BCUT2D eigenvalue weighted by Gasteiger charge is -2.32. The summed E-state index contributed by atoms with van der Waals surface area (Å²) in [7, 11) is 4.07. The molecule has 1 aliphatic carbocycles. The zero-order valence-corrected chi connectivity index (χ0v) is 20.4. The van der Waals surface area contributed by atoms with Gasteiger partial charge in [0, 0.05) is 31.1 Å². The Hall–Kier alpha value is -1.38. The van der Waals surface area contributed by atoms with E-state index in [4.69, 9.17) is 0 Å². The summed E-state index contributed by atoms with van der Waals surface area (Å²) in [5, 5.41) is 0.514. The monoisotopic (exact) mass is 450 g/mol. The number of nitrogens with zero attached hydrogens (tertiary/aromatic N) is 3. The second-order valence-corrected chi connectivity index (χ2v) is 11.0. The van der Waals surface area contributed by atoms with Crippen LogP contribution in [0, 0.1) is 13.8 Å². The van der Waals surface area contributed by atoms with Crippen LogP contribution in [0.3, 0.4) is 0 Å². The molecule has 1 atom stereocenters. The van der Waals surface area contributed by atoms with Crippen LogP contribution in [0.2, 0.25) is 0 Å². The van der Waals surface area contributed by atoms with Gasteiger partial charge in [-0.15, -0.1) is 23.1 Å². The number of aromatic amines is 1. The quantitative estimate of drug-likeness (QED) is 0.660. The number of rotatable bonds is 8. The largest absolute Gasteiger partial charge is 0.344 e. The van der Waals surface area contributed by atoms with E-state index in [-0.39, 0.29) is 16.7 Å². The number of aromatic nitrogens is 2. The van der Waals surface area contributed by atoms with E-state index in [0.717, 1.165) is 28.4 Å². The Morgan fingerprint density at radius 2 is 1.93 bits per heavy atom. The van der Waals surface area contributed by atoms with Gasteiger partial charge in [-0.05, 0) is 46.2 Å².